The zero-order chi connectivity index (χ0) is 12.7. The molecule has 0 aromatic heterocycles. The van der Waals surface area contributed by atoms with Crippen molar-refractivity contribution in [3.05, 3.63) is 58.4 Å². The molecule has 18 heavy (non-hydrogen) atoms. The molecule has 90 valence electrons. The van der Waals surface area contributed by atoms with Crippen molar-refractivity contribution in [2.45, 2.75) is 12.8 Å². The fraction of sp³-hybridized carbons (Fsp3) is 0.133. The first-order valence-electron chi connectivity index (χ1n) is 5.76. The maximum Gasteiger partial charge on any atom is 0.163 e. The minimum Gasteiger partial charge on any atom is -0.294 e. The fourth-order valence-electron chi connectivity index (χ4n) is 2.36. The van der Waals surface area contributed by atoms with E-state index in [1.807, 2.05) is 18.2 Å². The van der Waals surface area contributed by atoms with E-state index in [1.54, 1.807) is 6.07 Å². The van der Waals surface area contributed by atoms with E-state index in [4.69, 9.17) is 11.6 Å². The van der Waals surface area contributed by atoms with Gasteiger partial charge in [0.15, 0.2) is 5.78 Å². The Morgan fingerprint density at radius 1 is 1.00 bits per heavy atom. The Morgan fingerprint density at radius 2 is 1.83 bits per heavy atom. The van der Waals surface area contributed by atoms with Gasteiger partial charge in [0.05, 0.1) is 0 Å². The zero-order valence-corrected chi connectivity index (χ0v) is 10.3. The number of benzene rings is 2. The Labute approximate surface area is 109 Å². The van der Waals surface area contributed by atoms with E-state index < -0.39 is 0 Å². The zero-order valence-electron chi connectivity index (χ0n) is 9.54. The Balaban J connectivity index is 2.10. The van der Waals surface area contributed by atoms with Crippen LogP contribution in [0.1, 0.15) is 22.3 Å². The van der Waals surface area contributed by atoms with Crippen molar-refractivity contribution in [2.75, 3.05) is 0 Å². The van der Waals surface area contributed by atoms with Crippen LogP contribution in [0, 0.1) is 5.82 Å². The molecule has 0 saturated carbocycles. The van der Waals surface area contributed by atoms with Crippen molar-refractivity contribution in [1.82, 2.24) is 0 Å². The maximum atomic E-state index is 13.3. The summed E-state index contributed by atoms with van der Waals surface area (Å²) < 4.78 is 13.3. The summed E-state index contributed by atoms with van der Waals surface area (Å²) in [6.07, 6.45) is 1.34. The van der Waals surface area contributed by atoms with E-state index in [0.29, 0.717) is 11.4 Å². The highest BCUT2D eigenvalue weighted by atomic mass is 35.5. The molecule has 1 aliphatic rings. The molecule has 0 heterocycles. The number of fused-ring (bicyclic) bond motifs is 1. The van der Waals surface area contributed by atoms with Gasteiger partial charge < -0.3 is 0 Å². The third-order valence-electron chi connectivity index (χ3n) is 3.22. The maximum absolute atomic E-state index is 13.3. The van der Waals surface area contributed by atoms with Gasteiger partial charge in [-0.25, -0.2) is 4.39 Å². The van der Waals surface area contributed by atoms with E-state index in [0.717, 1.165) is 28.7 Å². The molecule has 1 aliphatic carbocycles. The molecule has 0 radical (unpaired) electrons. The number of Topliss-reactive ketones (excluding diaryl/α,β-unsaturated/α-hetero) is 1. The molecule has 0 unspecified atom stereocenters. The molecule has 0 aliphatic heterocycles. The molecule has 0 fully saturated rings. The number of ketones is 1. The number of carbonyl (C=O) groups is 1. The van der Waals surface area contributed by atoms with Crippen LogP contribution in [0.25, 0.3) is 11.1 Å². The Bertz CT molecular complexity index is 629. The van der Waals surface area contributed by atoms with Crippen LogP contribution in [-0.2, 0) is 6.42 Å². The third kappa shape index (κ3) is 1.93. The van der Waals surface area contributed by atoms with Crippen LogP contribution in [0.5, 0.6) is 0 Å². The van der Waals surface area contributed by atoms with Crippen molar-refractivity contribution in [2.24, 2.45) is 0 Å². The Morgan fingerprint density at radius 3 is 2.61 bits per heavy atom. The molecule has 3 heteroatoms. The second kappa shape index (κ2) is 4.21. The summed E-state index contributed by atoms with van der Waals surface area (Å²) in [6, 6.07) is 10.1. The van der Waals surface area contributed by atoms with Crippen molar-refractivity contribution < 1.29 is 9.18 Å². The lowest BCUT2D eigenvalue weighted by Crippen LogP contribution is -1.91. The number of hydrogen-bond acceptors (Lipinski definition) is 1. The number of carbonyl (C=O) groups excluding carboxylic acids is 1. The molecule has 2 aromatic rings. The predicted octanol–water partition coefficient (Wildman–Crippen LogP) is 4.28. The lowest BCUT2D eigenvalue weighted by atomic mass is 10.0. The second-order valence-corrected chi connectivity index (χ2v) is 4.89. The van der Waals surface area contributed by atoms with Crippen LogP contribution < -0.4 is 0 Å². The molecule has 1 nitrogen and oxygen atoms in total. The minimum atomic E-state index is -0.353. The molecule has 0 amide bonds. The lowest BCUT2D eigenvalue weighted by molar-refractivity contribution is 0.0994. The van der Waals surface area contributed by atoms with Gasteiger partial charge in [-0.15, -0.1) is 0 Å². The van der Waals surface area contributed by atoms with E-state index in [-0.39, 0.29) is 11.6 Å². The highest BCUT2D eigenvalue weighted by Crippen LogP contribution is 2.29. The van der Waals surface area contributed by atoms with Crippen LogP contribution >= 0.6 is 11.6 Å². The first-order chi connectivity index (χ1) is 8.63. The first kappa shape index (κ1) is 11.4. The van der Waals surface area contributed by atoms with Crippen molar-refractivity contribution in [1.29, 1.82) is 0 Å². The average Bonchev–Trinajstić information content (AvgIpc) is 2.69. The van der Waals surface area contributed by atoms with Crippen LogP contribution in [-0.4, -0.2) is 5.78 Å². The van der Waals surface area contributed by atoms with Gasteiger partial charge in [0, 0.05) is 17.0 Å². The van der Waals surface area contributed by atoms with Gasteiger partial charge in [-0.1, -0.05) is 29.8 Å². The van der Waals surface area contributed by atoms with Crippen LogP contribution in [0.15, 0.2) is 36.4 Å². The number of aryl methyl sites for hydroxylation is 1. The summed E-state index contributed by atoms with van der Waals surface area (Å²) in [5.41, 5.74) is 3.46. The van der Waals surface area contributed by atoms with Gasteiger partial charge in [0.1, 0.15) is 5.82 Å². The molecular weight excluding hydrogens is 251 g/mol. The fourth-order valence-corrected chi connectivity index (χ4v) is 2.58. The highest BCUT2D eigenvalue weighted by Gasteiger charge is 2.19. The van der Waals surface area contributed by atoms with Gasteiger partial charge in [0.2, 0.25) is 0 Å². The molecule has 0 N–H and O–H groups in total. The number of hydrogen-bond donors (Lipinski definition) is 0. The average molecular weight is 261 g/mol. The molecular formula is C15H10ClFO. The van der Waals surface area contributed by atoms with E-state index in [2.05, 4.69) is 0 Å². The third-order valence-corrected chi connectivity index (χ3v) is 3.44. The van der Waals surface area contributed by atoms with Gasteiger partial charge >= 0.3 is 0 Å². The second-order valence-electron chi connectivity index (χ2n) is 4.45. The summed E-state index contributed by atoms with van der Waals surface area (Å²) in [5.74, 6) is -0.164. The first-order valence-corrected chi connectivity index (χ1v) is 6.14. The molecule has 0 atom stereocenters. The minimum absolute atomic E-state index is 0.189. The summed E-state index contributed by atoms with van der Waals surface area (Å²) in [5, 5.41) is 0.376. The highest BCUT2D eigenvalue weighted by molar-refractivity contribution is 6.30. The Hall–Kier alpha value is -1.67. The quantitative estimate of drug-likeness (QED) is 0.748. The van der Waals surface area contributed by atoms with Crippen molar-refractivity contribution >= 4 is 17.4 Å². The topological polar surface area (TPSA) is 17.1 Å². The predicted molar refractivity (Wildman–Crippen MR) is 69.5 cm³/mol. The van der Waals surface area contributed by atoms with Crippen molar-refractivity contribution in [3.63, 3.8) is 0 Å². The van der Waals surface area contributed by atoms with E-state index in [9.17, 15) is 9.18 Å². The summed E-state index contributed by atoms with van der Waals surface area (Å²) in [7, 11) is 0. The summed E-state index contributed by atoms with van der Waals surface area (Å²) >= 11 is 5.85. The van der Waals surface area contributed by atoms with Crippen LogP contribution in [0.2, 0.25) is 5.02 Å². The standard InChI is InChI=1S/C15H10ClFO/c16-12-6-11(7-13(17)8-12)9-1-3-14-10(5-9)2-4-15(14)18/h1,3,5-8H,2,4H2. The molecule has 2 aromatic carbocycles. The van der Waals surface area contributed by atoms with Crippen LogP contribution in [0.4, 0.5) is 4.39 Å². The molecule has 0 bridgehead atoms. The number of rotatable bonds is 1. The van der Waals surface area contributed by atoms with Crippen LogP contribution in [0.3, 0.4) is 0 Å². The summed E-state index contributed by atoms with van der Waals surface area (Å²) in [6.45, 7) is 0. The van der Waals surface area contributed by atoms with Gasteiger partial charge in [-0.2, -0.15) is 0 Å². The van der Waals surface area contributed by atoms with E-state index in [1.165, 1.54) is 12.1 Å². The van der Waals surface area contributed by atoms with Gasteiger partial charge in [-0.3, -0.25) is 4.79 Å². The summed E-state index contributed by atoms with van der Waals surface area (Å²) in [4.78, 5) is 11.5. The molecule has 0 spiro atoms. The smallest absolute Gasteiger partial charge is 0.163 e. The lowest BCUT2D eigenvalue weighted by Gasteiger charge is -2.05. The Kier molecular flexibility index (Phi) is 2.67. The number of halogens is 2. The largest absolute Gasteiger partial charge is 0.294 e. The normalized spacial score (nSPS) is 13.8. The SMILES string of the molecule is O=C1CCc2cc(-c3cc(F)cc(Cl)c3)ccc21. The molecule has 3 rings (SSSR count). The van der Waals surface area contributed by atoms with Gasteiger partial charge in [0.25, 0.3) is 0 Å². The monoisotopic (exact) mass is 260 g/mol. The van der Waals surface area contributed by atoms with Gasteiger partial charge in [-0.05, 0) is 41.3 Å². The van der Waals surface area contributed by atoms with Crippen molar-refractivity contribution in [3.8, 4) is 11.1 Å². The molecule has 0 saturated heterocycles. The van der Waals surface area contributed by atoms with E-state index >= 15 is 0 Å².